The molecule has 0 aromatic heterocycles. The number of nitrogens with one attached hydrogen (secondary N) is 1. The lowest BCUT2D eigenvalue weighted by atomic mass is 9.98. The van der Waals surface area contributed by atoms with Crippen molar-refractivity contribution in [3.05, 3.63) is 29.6 Å². The molecule has 2 unspecified atom stereocenters. The van der Waals surface area contributed by atoms with Crippen LogP contribution in [0, 0.1) is 5.82 Å². The highest BCUT2D eigenvalue weighted by molar-refractivity contribution is 7.99. The third-order valence-electron chi connectivity index (χ3n) is 3.38. The van der Waals surface area contributed by atoms with Gasteiger partial charge in [0.2, 0.25) is 5.91 Å². The van der Waals surface area contributed by atoms with Crippen molar-refractivity contribution >= 4 is 17.7 Å². The van der Waals surface area contributed by atoms with E-state index < -0.39 is 29.5 Å². The summed E-state index contributed by atoms with van der Waals surface area (Å²) in [5, 5.41) is 2.29. The Hall–Kier alpha value is -1.28. The fourth-order valence-corrected chi connectivity index (χ4v) is 3.06. The summed E-state index contributed by atoms with van der Waals surface area (Å²) >= 11 is 1.47. The summed E-state index contributed by atoms with van der Waals surface area (Å²) in [5.74, 6) is -1.19. The molecule has 3 N–H and O–H groups in total. The number of carbonyl (C=O) groups is 1. The van der Waals surface area contributed by atoms with E-state index in [2.05, 4.69) is 5.32 Å². The number of halogens is 4. The number of fused-ring (bicyclic) bond motifs is 1. The predicted octanol–water partition coefficient (Wildman–Crippen LogP) is 2.76. The molecule has 0 saturated carbocycles. The summed E-state index contributed by atoms with van der Waals surface area (Å²) in [4.78, 5) is 12.6. The molecule has 1 aliphatic heterocycles. The van der Waals surface area contributed by atoms with E-state index in [1.54, 1.807) is 6.07 Å². The van der Waals surface area contributed by atoms with E-state index in [1.807, 2.05) is 0 Å². The van der Waals surface area contributed by atoms with Crippen LogP contribution in [0.25, 0.3) is 0 Å². The van der Waals surface area contributed by atoms with Crippen LogP contribution < -0.4 is 11.1 Å². The Bertz CT molecular complexity index is 560. The average molecular weight is 322 g/mol. The van der Waals surface area contributed by atoms with Gasteiger partial charge in [0, 0.05) is 10.6 Å². The standard InChI is InChI=1S/C13H14F4N2OS/c1-12(18,13(15,16)17)11(20)19-9-4-5-21-10-3-2-7(14)6-8(9)10/h2-3,6,9H,4-5,18H2,1H3,(H,19,20). The fraction of sp³-hybridized carbons (Fsp3) is 0.462. The second-order valence-corrected chi connectivity index (χ2v) is 6.18. The summed E-state index contributed by atoms with van der Waals surface area (Å²) < 4.78 is 51.5. The Morgan fingerprint density at radius 1 is 1.43 bits per heavy atom. The van der Waals surface area contributed by atoms with Crippen LogP contribution in [0.4, 0.5) is 17.6 Å². The van der Waals surface area contributed by atoms with Crippen molar-refractivity contribution in [2.45, 2.75) is 36.0 Å². The highest BCUT2D eigenvalue weighted by Crippen LogP contribution is 2.37. The Balaban J connectivity index is 2.23. The molecule has 1 aromatic carbocycles. The van der Waals surface area contributed by atoms with Crippen LogP contribution in [-0.2, 0) is 4.79 Å². The number of amides is 1. The molecule has 2 atom stereocenters. The largest absolute Gasteiger partial charge is 0.415 e. The Labute approximate surface area is 123 Å². The Kier molecular flexibility index (Phi) is 4.21. The maximum absolute atomic E-state index is 13.3. The molecule has 0 spiro atoms. The first-order valence-corrected chi connectivity index (χ1v) is 7.20. The average Bonchev–Trinajstić information content (AvgIpc) is 2.38. The maximum Gasteiger partial charge on any atom is 0.415 e. The van der Waals surface area contributed by atoms with E-state index in [9.17, 15) is 22.4 Å². The summed E-state index contributed by atoms with van der Waals surface area (Å²) in [6.45, 7) is 0.617. The third-order valence-corrected chi connectivity index (χ3v) is 4.50. The molecule has 116 valence electrons. The minimum atomic E-state index is -4.86. The van der Waals surface area contributed by atoms with Gasteiger partial charge in [-0.05, 0) is 37.1 Å². The van der Waals surface area contributed by atoms with Crippen molar-refractivity contribution in [3.8, 4) is 0 Å². The zero-order valence-electron chi connectivity index (χ0n) is 11.1. The van der Waals surface area contributed by atoms with Gasteiger partial charge in [-0.3, -0.25) is 4.79 Å². The first-order valence-electron chi connectivity index (χ1n) is 6.22. The van der Waals surface area contributed by atoms with Crippen LogP contribution in [0.15, 0.2) is 23.1 Å². The van der Waals surface area contributed by atoms with Crippen LogP contribution in [0.2, 0.25) is 0 Å². The highest BCUT2D eigenvalue weighted by Gasteiger charge is 2.54. The molecule has 0 radical (unpaired) electrons. The molecule has 0 bridgehead atoms. The first kappa shape index (κ1) is 16.1. The summed E-state index contributed by atoms with van der Waals surface area (Å²) in [7, 11) is 0. The minimum Gasteiger partial charge on any atom is -0.347 e. The monoisotopic (exact) mass is 322 g/mol. The van der Waals surface area contributed by atoms with E-state index in [4.69, 9.17) is 5.73 Å². The lowest BCUT2D eigenvalue weighted by Crippen LogP contribution is -2.61. The number of rotatable bonds is 2. The van der Waals surface area contributed by atoms with E-state index in [0.29, 0.717) is 24.7 Å². The predicted molar refractivity (Wildman–Crippen MR) is 71.3 cm³/mol. The second kappa shape index (κ2) is 5.49. The molecule has 0 fully saturated rings. The van der Waals surface area contributed by atoms with Crippen LogP contribution in [-0.4, -0.2) is 23.4 Å². The number of thioether (sulfide) groups is 1. The van der Waals surface area contributed by atoms with Gasteiger partial charge in [0.25, 0.3) is 0 Å². The van der Waals surface area contributed by atoms with Crippen molar-refractivity contribution in [2.24, 2.45) is 5.73 Å². The van der Waals surface area contributed by atoms with Gasteiger partial charge in [-0.25, -0.2) is 4.39 Å². The zero-order valence-corrected chi connectivity index (χ0v) is 11.9. The molecule has 21 heavy (non-hydrogen) atoms. The number of hydrogen-bond donors (Lipinski definition) is 2. The SMILES string of the molecule is CC(N)(C(=O)NC1CCSc2ccc(F)cc21)C(F)(F)F. The molecular weight excluding hydrogens is 308 g/mol. The van der Waals surface area contributed by atoms with Crippen LogP contribution >= 0.6 is 11.8 Å². The quantitative estimate of drug-likeness (QED) is 0.823. The van der Waals surface area contributed by atoms with Gasteiger partial charge in [0.15, 0.2) is 5.54 Å². The van der Waals surface area contributed by atoms with Crippen LogP contribution in [0.3, 0.4) is 0 Å². The van der Waals surface area contributed by atoms with Gasteiger partial charge in [-0.1, -0.05) is 0 Å². The minimum absolute atomic E-state index is 0.417. The van der Waals surface area contributed by atoms with Gasteiger partial charge < -0.3 is 11.1 Å². The smallest absolute Gasteiger partial charge is 0.347 e. The number of hydrogen-bond acceptors (Lipinski definition) is 3. The molecule has 0 saturated heterocycles. The third kappa shape index (κ3) is 3.16. The molecule has 1 aromatic rings. The maximum atomic E-state index is 13.3. The van der Waals surface area contributed by atoms with Gasteiger partial charge >= 0.3 is 6.18 Å². The fourth-order valence-electron chi connectivity index (χ4n) is 1.95. The summed E-state index contributed by atoms with van der Waals surface area (Å²) in [5.41, 5.74) is 2.59. The van der Waals surface area contributed by atoms with Crippen molar-refractivity contribution in [1.29, 1.82) is 0 Å². The van der Waals surface area contributed by atoms with Gasteiger partial charge in [-0.15, -0.1) is 11.8 Å². The summed E-state index contributed by atoms with van der Waals surface area (Å²) in [6, 6.07) is 3.39. The lowest BCUT2D eigenvalue weighted by Gasteiger charge is -2.31. The topological polar surface area (TPSA) is 55.1 Å². The molecule has 8 heteroatoms. The zero-order chi connectivity index (χ0) is 15.8. The molecule has 1 heterocycles. The number of nitrogens with two attached hydrogens (primary N) is 1. The van der Waals surface area contributed by atoms with Crippen LogP contribution in [0.5, 0.6) is 0 Å². The van der Waals surface area contributed by atoms with E-state index in [1.165, 1.54) is 23.9 Å². The summed E-state index contributed by atoms with van der Waals surface area (Å²) in [6.07, 6.45) is -4.44. The molecule has 0 aliphatic carbocycles. The van der Waals surface area contributed by atoms with Gasteiger partial charge in [0.1, 0.15) is 5.82 Å². The lowest BCUT2D eigenvalue weighted by molar-refractivity contribution is -0.187. The van der Waals surface area contributed by atoms with Crippen LogP contribution in [0.1, 0.15) is 24.9 Å². The molecule has 2 rings (SSSR count). The van der Waals surface area contributed by atoms with E-state index in [-0.39, 0.29) is 0 Å². The van der Waals surface area contributed by atoms with E-state index >= 15 is 0 Å². The van der Waals surface area contributed by atoms with Gasteiger partial charge in [-0.2, -0.15) is 13.2 Å². The molecule has 1 aliphatic rings. The second-order valence-electron chi connectivity index (χ2n) is 5.05. The molecule has 1 amide bonds. The van der Waals surface area contributed by atoms with E-state index in [0.717, 1.165) is 4.90 Å². The molecular formula is C13H14F4N2OS. The first-order chi connectivity index (χ1) is 9.63. The number of benzene rings is 1. The van der Waals surface area contributed by atoms with Crippen molar-refractivity contribution < 1.29 is 22.4 Å². The van der Waals surface area contributed by atoms with Crippen molar-refractivity contribution in [2.75, 3.05) is 5.75 Å². The Morgan fingerprint density at radius 2 is 2.10 bits per heavy atom. The highest BCUT2D eigenvalue weighted by atomic mass is 32.2. The number of alkyl halides is 3. The van der Waals surface area contributed by atoms with Gasteiger partial charge in [0.05, 0.1) is 6.04 Å². The van der Waals surface area contributed by atoms with Crippen molar-refractivity contribution in [3.63, 3.8) is 0 Å². The van der Waals surface area contributed by atoms with Crippen molar-refractivity contribution in [1.82, 2.24) is 5.32 Å². The normalized spacial score (nSPS) is 21.3. The Morgan fingerprint density at radius 3 is 2.71 bits per heavy atom. The molecule has 3 nitrogen and oxygen atoms in total. The number of carbonyl (C=O) groups excluding carboxylic acids is 1.